The fraction of sp³-hybridized carbons (Fsp3) is 0.522. The zero-order valence-electron chi connectivity index (χ0n) is 18.0. The van der Waals surface area contributed by atoms with Gasteiger partial charge in [-0.15, -0.1) is 0 Å². The third-order valence-electron chi connectivity index (χ3n) is 6.40. The maximum absolute atomic E-state index is 13.7. The summed E-state index contributed by atoms with van der Waals surface area (Å²) >= 11 is 0. The molecule has 0 aliphatic heterocycles. The number of hydrogen-bond donors (Lipinski definition) is 2. The average molecular weight is 438 g/mol. The molecule has 1 aromatic heterocycles. The molecule has 0 spiro atoms. The van der Waals surface area contributed by atoms with Crippen molar-refractivity contribution in [2.24, 2.45) is 5.41 Å². The van der Waals surface area contributed by atoms with Gasteiger partial charge < -0.3 is 19.7 Å². The Kier molecular flexibility index (Phi) is 6.69. The summed E-state index contributed by atoms with van der Waals surface area (Å²) in [4.78, 5) is 14.7. The number of halogens is 3. The van der Waals surface area contributed by atoms with Gasteiger partial charge in [0.25, 0.3) is 0 Å². The van der Waals surface area contributed by atoms with Gasteiger partial charge in [0, 0.05) is 24.9 Å². The van der Waals surface area contributed by atoms with Crippen molar-refractivity contribution in [3.8, 4) is 5.75 Å². The second kappa shape index (κ2) is 8.94. The molecule has 1 saturated carbocycles. The van der Waals surface area contributed by atoms with E-state index < -0.39 is 23.4 Å². The number of rotatable bonds is 9. The van der Waals surface area contributed by atoms with E-state index in [2.05, 4.69) is 5.32 Å². The molecule has 2 aromatic rings. The van der Waals surface area contributed by atoms with Crippen molar-refractivity contribution in [3.05, 3.63) is 53.5 Å². The lowest BCUT2D eigenvalue weighted by molar-refractivity contribution is -0.194. The van der Waals surface area contributed by atoms with E-state index in [9.17, 15) is 23.1 Å². The Hall–Kier alpha value is -2.48. The number of phenolic OH excluding ortho intramolecular Hbond substituents is 1. The smallest absolute Gasteiger partial charge is 0.395 e. The summed E-state index contributed by atoms with van der Waals surface area (Å²) in [5.74, 6) is -1.17. The first-order chi connectivity index (χ1) is 14.5. The predicted octanol–water partition coefficient (Wildman–Crippen LogP) is 4.40. The lowest BCUT2D eigenvalue weighted by Crippen LogP contribution is -2.42. The standard InChI is InChI=1S/C23H29F3N2O3/c1-15-10-19(29)5-4-16(15)11-18(28(2)3)13-27-21(30)12-20(17-6-9-31-14-17)22(7-8-22)23(24,25)26/h4-6,9-10,14,18,20,29H,7-8,11-13H2,1-3H3,(H,27,30). The Morgan fingerprint density at radius 3 is 2.52 bits per heavy atom. The van der Waals surface area contributed by atoms with Crippen molar-refractivity contribution in [2.45, 2.75) is 50.7 Å². The van der Waals surface area contributed by atoms with Gasteiger partial charge >= 0.3 is 6.18 Å². The van der Waals surface area contributed by atoms with Gasteiger partial charge in [0.05, 0.1) is 17.9 Å². The van der Waals surface area contributed by atoms with Gasteiger partial charge in [-0.1, -0.05) is 6.07 Å². The molecule has 2 atom stereocenters. The lowest BCUT2D eigenvalue weighted by atomic mass is 9.81. The molecule has 1 aromatic carbocycles. The lowest BCUT2D eigenvalue weighted by Gasteiger charge is -2.29. The summed E-state index contributed by atoms with van der Waals surface area (Å²) in [6.45, 7) is 2.21. The fourth-order valence-electron chi connectivity index (χ4n) is 4.16. The van der Waals surface area contributed by atoms with Gasteiger partial charge in [0.1, 0.15) is 5.75 Å². The Labute approximate surface area is 180 Å². The van der Waals surface area contributed by atoms with Crippen LogP contribution in [0.1, 0.15) is 41.9 Å². The molecule has 8 heteroatoms. The highest BCUT2D eigenvalue weighted by atomic mass is 19.4. The SMILES string of the molecule is Cc1cc(O)ccc1CC(CNC(=O)CC(c1ccoc1)C1(C(F)(F)F)CC1)N(C)C. The minimum atomic E-state index is -4.36. The van der Waals surface area contributed by atoms with Crippen molar-refractivity contribution in [2.75, 3.05) is 20.6 Å². The number of nitrogens with zero attached hydrogens (tertiary/aromatic N) is 1. The minimum Gasteiger partial charge on any atom is -0.508 e. The highest BCUT2D eigenvalue weighted by Gasteiger charge is 2.67. The molecule has 1 aliphatic carbocycles. The maximum atomic E-state index is 13.7. The normalized spacial score (nSPS) is 17.4. The third-order valence-corrected chi connectivity index (χ3v) is 6.40. The van der Waals surface area contributed by atoms with Crippen LogP contribution in [0.25, 0.3) is 0 Å². The quantitative estimate of drug-likeness (QED) is 0.609. The van der Waals surface area contributed by atoms with Gasteiger partial charge in [-0.3, -0.25) is 4.79 Å². The van der Waals surface area contributed by atoms with Gasteiger partial charge in [-0.25, -0.2) is 0 Å². The summed E-state index contributed by atoms with van der Waals surface area (Å²) in [6.07, 6.45) is -1.26. The number of furan rings is 1. The number of phenols is 1. The van der Waals surface area contributed by atoms with E-state index >= 15 is 0 Å². The second-order valence-corrected chi connectivity index (χ2v) is 8.70. The molecular formula is C23H29F3N2O3. The van der Waals surface area contributed by atoms with Crippen LogP contribution in [0, 0.1) is 12.3 Å². The molecule has 0 radical (unpaired) electrons. The topological polar surface area (TPSA) is 65.7 Å². The third kappa shape index (κ3) is 5.23. The first kappa shape index (κ1) is 23.2. The molecule has 5 nitrogen and oxygen atoms in total. The Morgan fingerprint density at radius 1 is 1.29 bits per heavy atom. The first-order valence-corrected chi connectivity index (χ1v) is 10.3. The van der Waals surface area contributed by atoms with Crippen LogP contribution in [0.15, 0.2) is 41.2 Å². The summed E-state index contributed by atoms with van der Waals surface area (Å²) in [7, 11) is 3.79. The van der Waals surface area contributed by atoms with E-state index in [-0.39, 0.29) is 31.1 Å². The number of aryl methyl sites for hydroxylation is 1. The molecular weight excluding hydrogens is 409 g/mol. The van der Waals surface area contributed by atoms with Crippen LogP contribution >= 0.6 is 0 Å². The molecule has 0 saturated heterocycles. The Morgan fingerprint density at radius 2 is 2.00 bits per heavy atom. The molecule has 1 fully saturated rings. The largest absolute Gasteiger partial charge is 0.508 e. The zero-order chi connectivity index (χ0) is 22.8. The number of likely N-dealkylation sites (N-methyl/N-ethyl adjacent to an activating group) is 1. The molecule has 3 rings (SSSR count). The zero-order valence-corrected chi connectivity index (χ0v) is 18.0. The van der Waals surface area contributed by atoms with Crippen molar-refractivity contribution in [1.29, 1.82) is 0 Å². The van der Waals surface area contributed by atoms with Crippen LogP contribution in [0.3, 0.4) is 0 Å². The molecule has 1 heterocycles. The van der Waals surface area contributed by atoms with Crippen LogP contribution in [0.4, 0.5) is 13.2 Å². The monoisotopic (exact) mass is 438 g/mol. The number of carbonyl (C=O) groups excluding carboxylic acids is 1. The number of benzene rings is 1. The Balaban J connectivity index is 1.66. The highest BCUT2D eigenvalue weighted by Crippen LogP contribution is 2.66. The maximum Gasteiger partial charge on any atom is 0.395 e. The van der Waals surface area contributed by atoms with Gasteiger partial charge in [0.2, 0.25) is 5.91 Å². The number of nitrogens with one attached hydrogen (secondary N) is 1. The van der Waals surface area contributed by atoms with E-state index in [0.717, 1.165) is 11.1 Å². The first-order valence-electron chi connectivity index (χ1n) is 10.3. The number of hydrogen-bond acceptors (Lipinski definition) is 4. The average Bonchev–Trinajstić information content (AvgIpc) is 3.32. The molecule has 1 aliphatic rings. The fourth-order valence-corrected chi connectivity index (χ4v) is 4.16. The van der Waals surface area contributed by atoms with Crippen LogP contribution in [-0.2, 0) is 11.2 Å². The van der Waals surface area contributed by atoms with Gasteiger partial charge in [-0.2, -0.15) is 13.2 Å². The van der Waals surface area contributed by atoms with Crippen LogP contribution < -0.4 is 5.32 Å². The Bertz CT molecular complexity index is 890. The van der Waals surface area contributed by atoms with Gasteiger partial charge in [0.15, 0.2) is 0 Å². The molecule has 2 unspecified atom stereocenters. The van der Waals surface area contributed by atoms with Crippen LogP contribution in [0.5, 0.6) is 5.75 Å². The van der Waals surface area contributed by atoms with Crippen molar-refractivity contribution >= 4 is 5.91 Å². The number of aromatic hydroxyl groups is 1. The summed E-state index contributed by atoms with van der Waals surface area (Å²) in [5, 5.41) is 12.4. The molecule has 0 bridgehead atoms. The number of carbonyl (C=O) groups is 1. The van der Waals surface area contributed by atoms with Crippen LogP contribution in [-0.4, -0.2) is 48.8 Å². The highest BCUT2D eigenvalue weighted by molar-refractivity contribution is 5.77. The summed E-state index contributed by atoms with van der Waals surface area (Å²) in [5.41, 5.74) is 0.544. The minimum absolute atomic E-state index is 0.0279. The predicted molar refractivity (Wildman–Crippen MR) is 111 cm³/mol. The molecule has 170 valence electrons. The van der Waals surface area contributed by atoms with E-state index in [0.29, 0.717) is 18.5 Å². The van der Waals surface area contributed by atoms with E-state index in [4.69, 9.17) is 4.42 Å². The number of alkyl halides is 3. The van der Waals surface area contributed by atoms with Gasteiger partial charge in [-0.05, 0) is 75.2 Å². The van der Waals surface area contributed by atoms with Crippen molar-refractivity contribution in [3.63, 3.8) is 0 Å². The molecule has 31 heavy (non-hydrogen) atoms. The van der Waals surface area contributed by atoms with E-state index in [1.54, 1.807) is 12.1 Å². The van der Waals surface area contributed by atoms with Crippen molar-refractivity contribution < 1.29 is 27.5 Å². The van der Waals surface area contributed by atoms with E-state index in [1.165, 1.54) is 18.6 Å². The molecule has 1 amide bonds. The van der Waals surface area contributed by atoms with Crippen LogP contribution in [0.2, 0.25) is 0 Å². The number of amides is 1. The summed E-state index contributed by atoms with van der Waals surface area (Å²) < 4.78 is 46.2. The molecule has 2 N–H and O–H groups in total. The summed E-state index contributed by atoms with van der Waals surface area (Å²) in [6, 6.07) is 6.62. The van der Waals surface area contributed by atoms with Crippen molar-refractivity contribution in [1.82, 2.24) is 10.2 Å². The van der Waals surface area contributed by atoms with E-state index in [1.807, 2.05) is 32.0 Å². The second-order valence-electron chi connectivity index (χ2n) is 8.70.